The molecular formula is C17H17N5OS. The number of thiophene rings is 1. The molecule has 4 rings (SSSR count). The van der Waals surface area contributed by atoms with Crippen molar-refractivity contribution < 1.29 is 4.79 Å². The van der Waals surface area contributed by atoms with E-state index < -0.39 is 0 Å². The van der Waals surface area contributed by atoms with E-state index in [9.17, 15) is 4.79 Å². The highest BCUT2D eigenvalue weighted by atomic mass is 32.1. The topological polar surface area (TPSA) is 73.9 Å². The molecule has 0 aliphatic carbocycles. The summed E-state index contributed by atoms with van der Waals surface area (Å²) >= 11 is 1.68. The molecule has 1 aliphatic rings. The van der Waals surface area contributed by atoms with Gasteiger partial charge in [0.25, 0.3) is 5.91 Å². The molecule has 0 aromatic carbocycles. The molecule has 4 heterocycles. The Morgan fingerprint density at radius 3 is 3.08 bits per heavy atom. The Hall–Kier alpha value is -2.67. The Labute approximate surface area is 143 Å². The maximum absolute atomic E-state index is 12.2. The van der Waals surface area contributed by atoms with E-state index in [1.165, 1.54) is 4.88 Å². The second kappa shape index (κ2) is 6.45. The van der Waals surface area contributed by atoms with Crippen LogP contribution in [0.15, 0.2) is 48.0 Å². The van der Waals surface area contributed by atoms with Gasteiger partial charge in [-0.15, -0.1) is 11.3 Å². The van der Waals surface area contributed by atoms with Crippen molar-refractivity contribution in [3.05, 3.63) is 53.7 Å². The predicted octanol–water partition coefficient (Wildman–Crippen LogP) is 2.54. The van der Waals surface area contributed by atoms with Crippen LogP contribution in [-0.2, 0) is 0 Å². The molecule has 1 saturated heterocycles. The van der Waals surface area contributed by atoms with Gasteiger partial charge in [-0.2, -0.15) is 5.10 Å². The van der Waals surface area contributed by atoms with E-state index in [0.29, 0.717) is 5.69 Å². The van der Waals surface area contributed by atoms with Gasteiger partial charge >= 0.3 is 0 Å². The van der Waals surface area contributed by atoms with E-state index in [-0.39, 0.29) is 11.9 Å². The number of rotatable bonds is 4. The first-order valence-corrected chi connectivity index (χ1v) is 8.74. The second-order valence-corrected chi connectivity index (χ2v) is 6.68. The zero-order valence-corrected chi connectivity index (χ0v) is 13.8. The molecule has 122 valence electrons. The average Bonchev–Trinajstić information content (AvgIpc) is 3.36. The Balaban J connectivity index is 1.39. The molecular weight excluding hydrogens is 322 g/mol. The summed E-state index contributed by atoms with van der Waals surface area (Å²) in [7, 11) is 0. The highest BCUT2D eigenvalue weighted by molar-refractivity contribution is 7.13. The summed E-state index contributed by atoms with van der Waals surface area (Å²) in [4.78, 5) is 19.6. The monoisotopic (exact) mass is 339 g/mol. The van der Waals surface area contributed by atoms with Crippen molar-refractivity contribution in [3.63, 3.8) is 0 Å². The third-order valence-corrected chi connectivity index (χ3v) is 5.00. The molecule has 0 unspecified atom stereocenters. The highest BCUT2D eigenvalue weighted by Gasteiger charge is 2.26. The first-order valence-electron chi connectivity index (χ1n) is 7.86. The van der Waals surface area contributed by atoms with Crippen molar-refractivity contribution in [2.75, 3.05) is 18.0 Å². The summed E-state index contributed by atoms with van der Waals surface area (Å²) in [5, 5.41) is 12.6. The SMILES string of the molecule is O=C(N[C@H]1CCN(c2cc(-c3cccs3)[nH]n2)C1)c1ccccn1. The van der Waals surface area contributed by atoms with Crippen LogP contribution in [-0.4, -0.2) is 40.2 Å². The number of pyridine rings is 1. The molecule has 1 fully saturated rings. The standard InChI is InChI=1S/C17H17N5OS/c23-17(13-4-1-2-7-18-13)19-12-6-8-22(11-12)16-10-14(20-21-16)15-5-3-9-24-15/h1-5,7,9-10,12H,6,8,11H2,(H,19,23)(H,20,21)/t12-/m0/s1. The minimum absolute atomic E-state index is 0.112. The Morgan fingerprint density at radius 2 is 2.29 bits per heavy atom. The summed E-state index contributed by atoms with van der Waals surface area (Å²) < 4.78 is 0. The number of hydrogen-bond donors (Lipinski definition) is 2. The summed E-state index contributed by atoms with van der Waals surface area (Å²) in [6.07, 6.45) is 2.53. The van der Waals surface area contributed by atoms with Crippen LogP contribution in [0.3, 0.4) is 0 Å². The average molecular weight is 339 g/mol. The third-order valence-electron chi connectivity index (χ3n) is 4.10. The Kier molecular flexibility index (Phi) is 4.00. The van der Waals surface area contributed by atoms with E-state index in [1.807, 2.05) is 12.1 Å². The number of hydrogen-bond acceptors (Lipinski definition) is 5. The molecule has 1 atom stereocenters. The number of aromatic amines is 1. The molecule has 1 amide bonds. The number of nitrogens with zero attached hydrogens (tertiary/aromatic N) is 3. The first-order chi connectivity index (χ1) is 11.8. The maximum Gasteiger partial charge on any atom is 0.270 e. The van der Waals surface area contributed by atoms with Crippen molar-refractivity contribution in [1.82, 2.24) is 20.5 Å². The fraction of sp³-hybridized carbons (Fsp3) is 0.235. The summed E-state index contributed by atoms with van der Waals surface area (Å²) in [5.74, 6) is 0.803. The van der Waals surface area contributed by atoms with Gasteiger partial charge in [0.2, 0.25) is 0 Å². The number of aromatic nitrogens is 3. The maximum atomic E-state index is 12.2. The molecule has 0 saturated carbocycles. The zero-order valence-electron chi connectivity index (χ0n) is 13.0. The van der Waals surface area contributed by atoms with Crippen LogP contribution in [0.5, 0.6) is 0 Å². The molecule has 3 aromatic rings. The second-order valence-electron chi connectivity index (χ2n) is 5.74. The van der Waals surface area contributed by atoms with Crippen molar-refractivity contribution in [3.8, 4) is 10.6 Å². The number of H-pyrrole nitrogens is 1. The van der Waals surface area contributed by atoms with E-state index >= 15 is 0 Å². The number of carbonyl (C=O) groups is 1. The van der Waals surface area contributed by atoms with Crippen molar-refractivity contribution in [2.45, 2.75) is 12.5 Å². The first kappa shape index (κ1) is 14.9. The molecule has 6 nitrogen and oxygen atoms in total. The van der Waals surface area contributed by atoms with E-state index in [2.05, 4.69) is 42.9 Å². The number of carbonyl (C=O) groups excluding carboxylic acids is 1. The van der Waals surface area contributed by atoms with Gasteiger partial charge in [-0.05, 0) is 30.0 Å². The van der Waals surface area contributed by atoms with Gasteiger partial charge in [-0.25, -0.2) is 0 Å². The number of nitrogens with one attached hydrogen (secondary N) is 2. The lowest BCUT2D eigenvalue weighted by Crippen LogP contribution is -2.37. The lowest BCUT2D eigenvalue weighted by atomic mass is 10.2. The quantitative estimate of drug-likeness (QED) is 0.766. The van der Waals surface area contributed by atoms with Crippen molar-refractivity contribution in [2.24, 2.45) is 0 Å². The van der Waals surface area contributed by atoms with Gasteiger partial charge in [0.15, 0.2) is 5.82 Å². The third kappa shape index (κ3) is 3.03. The molecule has 7 heteroatoms. The minimum Gasteiger partial charge on any atom is -0.353 e. The van der Waals surface area contributed by atoms with Crippen LogP contribution >= 0.6 is 11.3 Å². The minimum atomic E-state index is -0.122. The molecule has 0 bridgehead atoms. The summed E-state index contributed by atoms with van der Waals surface area (Å²) in [6.45, 7) is 1.63. The molecule has 0 spiro atoms. The lowest BCUT2D eigenvalue weighted by molar-refractivity contribution is 0.0935. The van der Waals surface area contributed by atoms with Crippen molar-refractivity contribution >= 4 is 23.1 Å². The zero-order chi connectivity index (χ0) is 16.4. The van der Waals surface area contributed by atoms with Crippen molar-refractivity contribution in [1.29, 1.82) is 0 Å². The van der Waals surface area contributed by atoms with Crippen LogP contribution in [0, 0.1) is 0 Å². The highest BCUT2D eigenvalue weighted by Crippen LogP contribution is 2.27. The number of amides is 1. The summed E-state index contributed by atoms with van der Waals surface area (Å²) in [6, 6.07) is 11.6. The fourth-order valence-corrected chi connectivity index (χ4v) is 3.57. The van der Waals surface area contributed by atoms with E-state index in [1.54, 1.807) is 29.7 Å². The normalized spacial score (nSPS) is 17.2. The summed E-state index contributed by atoms with van der Waals surface area (Å²) in [5.41, 5.74) is 1.48. The van der Waals surface area contributed by atoms with Crippen LogP contribution in [0.4, 0.5) is 5.82 Å². The van der Waals surface area contributed by atoms with Gasteiger partial charge in [0.1, 0.15) is 5.69 Å². The largest absolute Gasteiger partial charge is 0.353 e. The number of anilines is 1. The van der Waals surface area contributed by atoms with Crippen LogP contribution < -0.4 is 10.2 Å². The van der Waals surface area contributed by atoms with Crippen LogP contribution in [0.1, 0.15) is 16.9 Å². The van der Waals surface area contributed by atoms with Gasteiger partial charge in [0, 0.05) is 31.4 Å². The Morgan fingerprint density at radius 1 is 1.33 bits per heavy atom. The van der Waals surface area contributed by atoms with Gasteiger partial charge in [-0.1, -0.05) is 12.1 Å². The Bertz CT molecular complexity index is 815. The van der Waals surface area contributed by atoms with Gasteiger partial charge < -0.3 is 10.2 Å². The molecule has 24 heavy (non-hydrogen) atoms. The molecule has 3 aromatic heterocycles. The predicted molar refractivity (Wildman–Crippen MR) is 94.2 cm³/mol. The fourth-order valence-electron chi connectivity index (χ4n) is 2.87. The lowest BCUT2D eigenvalue weighted by Gasteiger charge is -2.15. The van der Waals surface area contributed by atoms with E-state index in [0.717, 1.165) is 31.0 Å². The van der Waals surface area contributed by atoms with Gasteiger partial charge in [0.05, 0.1) is 10.6 Å². The van der Waals surface area contributed by atoms with E-state index in [4.69, 9.17) is 0 Å². The van der Waals surface area contributed by atoms with Gasteiger partial charge in [-0.3, -0.25) is 14.9 Å². The molecule has 2 N–H and O–H groups in total. The van der Waals surface area contributed by atoms with Crippen LogP contribution in [0.2, 0.25) is 0 Å². The molecule has 1 aliphatic heterocycles. The smallest absolute Gasteiger partial charge is 0.270 e. The van der Waals surface area contributed by atoms with Crippen LogP contribution in [0.25, 0.3) is 10.6 Å². The molecule has 0 radical (unpaired) electrons.